The zero-order valence-electron chi connectivity index (χ0n) is 12.8. The van der Waals surface area contributed by atoms with Crippen LogP contribution in [0.15, 0.2) is 53.6 Å². The van der Waals surface area contributed by atoms with Crippen LogP contribution in [0.1, 0.15) is 12.8 Å². The molecule has 0 radical (unpaired) electrons. The summed E-state index contributed by atoms with van der Waals surface area (Å²) in [6.07, 6.45) is 3.02. The summed E-state index contributed by atoms with van der Waals surface area (Å²) in [6, 6.07) is 13.7. The standard InChI is InChI=1S/C17H19N3O2S/c21-17(9-12-23-15-5-2-1-3-6-15)20-11-8-14(13-20)22-16-7-4-10-18-19-16/h1-7,10,14H,8-9,11-13H2. The van der Waals surface area contributed by atoms with Gasteiger partial charge in [0, 0.05) is 42.3 Å². The van der Waals surface area contributed by atoms with Crippen molar-refractivity contribution in [2.24, 2.45) is 0 Å². The van der Waals surface area contributed by atoms with Crippen molar-refractivity contribution in [1.82, 2.24) is 15.1 Å². The topological polar surface area (TPSA) is 55.3 Å². The average Bonchev–Trinajstić information content (AvgIpc) is 3.05. The van der Waals surface area contributed by atoms with Crippen molar-refractivity contribution in [1.29, 1.82) is 0 Å². The smallest absolute Gasteiger partial charge is 0.233 e. The Hall–Kier alpha value is -2.08. The lowest BCUT2D eigenvalue weighted by Gasteiger charge is -2.16. The number of thioether (sulfide) groups is 1. The van der Waals surface area contributed by atoms with E-state index < -0.39 is 0 Å². The molecule has 6 heteroatoms. The van der Waals surface area contributed by atoms with Gasteiger partial charge in [-0.25, -0.2) is 0 Å². The first-order valence-corrected chi connectivity index (χ1v) is 8.70. The van der Waals surface area contributed by atoms with Crippen LogP contribution >= 0.6 is 11.8 Å². The molecule has 1 fully saturated rings. The van der Waals surface area contributed by atoms with Crippen molar-refractivity contribution in [3.8, 4) is 5.88 Å². The normalized spacial score (nSPS) is 17.2. The summed E-state index contributed by atoms with van der Waals surface area (Å²) in [5.41, 5.74) is 0. The van der Waals surface area contributed by atoms with Crippen LogP contribution in [-0.2, 0) is 4.79 Å². The number of rotatable bonds is 6. The predicted octanol–water partition coefficient (Wildman–Crippen LogP) is 2.64. The minimum absolute atomic E-state index is 0.0115. The number of benzene rings is 1. The highest BCUT2D eigenvalue weighted by Crippen LogP contribution is 2.20. The maximum absolute atomic E-state index is 12.3. The molecule has 3 rings (SSSR count). The maximum Gasteiger partial charge on any atom is 0.233 e. The molecule has 1 atom stereocenters. The molecule has 5 nitrogen and oxygen atoms in total. The van der Waals surface area contributed by atoms with E-state index in [0.717, 1.165) is 18.7 Å². The minimum atomic E-state index is 0.0115. The van der Waals surface area contributed by atoms with Crippen molar-refractivity contribution in [2.75, 3.05) is 18.8 Å². The number of hydrogen-bond donors (Lipinski definition) is 0. The molecule has 1 amide bonds. The zero-order chi connectivity index (χ0) is 15.9. The number of hydrogen-bond acceptors (Lipinski definition) is 5. The van der Waals surface area contributed by atoms with Crippen molar-refractivity contribution >= 4 is 17.7 Å². The van der Waals surface area contributed by atoms with Crippen molar-refractivity contribution in [3.63, 3.8) is 0 Å². The van der Waals surface area contributed by atoms with Gasteiger partial charge in [-0.2, -0.15) is 5.10 Å². The van der Waals surface area contributed by atoms with Gasteiger partial charge in [-0.1, -0.05) is 18.2 Å². The molecule has 1 saturated heterocycles. The summed E-state index contributed by atoms with van der Waals surface area (Å²) in [7, 11) is 0. The highest BCUT2D eigenvalue weighted by molar-refractivity contribution is 7.99. The average molecular weight is 329 g/mol. The first kappa shape index (κ1) is 15.8. The fourth-order valence-corrected chi connectivity index (χ4v) is 3.36. The van der Waals surface area contributed by atoms with Crippen LogP contribution in [0.25, 0.3) is 0 Å². The summed E-state index contributed by atoms with van der Waals surface area (Å²) in [5.74, 6) is 1.51. The number of aromatic nitrogens is 2. The molecule has 2 heterocycles. The van der Waals surface area contributed by atoms with Gasteiger partial charge < -0.3 is 9.64 Å². The van der Waals surface area contributed by atoms with E-state index in [1.54, 1.807) is 30.1 Å². The number of ether oxygens (including phenoxy) is 1. The Balaban J connectivity index is 1.41. The third-order valence-electron chi connectivity index (χ3n) is 3.66. The third-order valence-corrected chi connectivity index (χ3v) is 4.67. The van der Waals surface area contributed by atoms with E-state index >= 15 is 0 Å². The molecule has 1 aliphatic heterocycles. The minimum Gasteiger partial charge on any atom is -0.471 e. The molecule has 2 aromatic rings. The van der Waals surface area contributed by atoms with Gasteiger partial charge in [0.15, 0.2) is 0 Å². The first-order valence-electron chi connectivity index (χ1n) is 7.71. The number of carbonyl (C=O) groups is 1. The molecular formula is C17H19N3O2S. The summed E-state index contributed by atoms with van der Waals surface area (Å²) in [5, 5.41) is 7.71. The summed E-state index contributed by atoms with van der Waals surface area (Å²) < 4.78 is 5.76. The molecule has 1 aliphatic rings. The Kier molecular flexibility index (Phi) is 5.47. The van der Waals surface area contributed by atoms with E-state index in [0.29, 0.717) is 18.8 Å². The van der Waals surface area contributed by atoms with E-state index in [2.05, 4.69) is 22.3 Å². The van der Waals surface area contributed by atoms with Crippen molar-refractivity contribution in [2.45, 2.75) is 23.8 Å². The quantitative estimate of drug-likeness (QED) is 0.763. The van der Waals surface area contributed by atoms with Crippen molar-refractivity contribution in [3.05, 3.63) is 48.7 Å². The third kappa shape index (κ3) is 4.69. The zero-order valence-corrected chi connectivity index (χ0v) is 13.6. The van der Waals surface area contributed by atoms with Crippen LogP contribution in [0, 0.1) is 0 Å². The second kappa shape index (κ2) is 7.97. The number of likely N-dealkylation sites (tertiary alicyclic amines) is 1. The van der Waals surface area contributed by atoms with Gasteiger partial charge in [-0.05, 0) is 18.2 Å². The molecule has 1 aromatic carbocycles. The van der Waals surface area contributed by atoms with Gasteiger partial charge in [0.25, 0.3) is 0 Å². The summed E-state index contributed by atoms with van der Waals surface area (Å²) >= 11 is 1.71. The lowest BCUT2D eigenvalue weighted by molar-refractivity contribution is -0.129. The Labute approximate surface area is 140 Å². The summed E-state index contributed by atoms with van der Waals surface area (Å²) in [6.45, 7) is 1.38. The van der Waals surface area contributed by atoms with Crippen LogP contribution in [0.5, 0.6) is 5.88 Å². The molecular weight excluding hydrogens is 310 g/mol. The monoisotopic (exact) mass is 329 g/mol. The number of nitrogens with zero attached hydrogens (tertiary/aromatic N) is 3. The Morgan fingerprint density at radius 1 is 1.26 bits per heavy atom. The fraction of sp³-hybridized carbons (Fsp3) is 0.353. The second-order valence-electron chi connectivity index (χ2n) is 5.34. The first-order chi connectivity index (χ1) is 11.3. The SMILES string of the molecule is O=C(CCSc1ccccc1)N1CCC(Oc2cccnn2)C1. The second-order valence-corrected chi connectivity index (χ2v) is 6.51. The lowest BCUT2D eigenvalue weighted by Crippen LogP contribution is -2.31. The van der Waals surface area contributed by atoms with E-state index in [-0.39, 0.29) is 12.0 Å². The van der Waals surface area contributed by atoms with Crippen molar-refractivity contribution < 1.29 is 9.53 Å². The van der Waals surface area contributed by atoms with Gasteiger partial charge in [-0.15, -0.1) is 16.9 Å². The van der Waals surface area contributed by atoms with Crippen LogP contribution in [0.4, 0.5) is 0 Å². The van der Waals surface area contributed by atoms with E-state index in [4.69, 9.17) is 4.74 Å². The maximum atomic E-state index is 12.3. The van der Waals surface area contributed by atoms with Crippen LogP contribution in [-0.4, -0.2) is 46.0 Å². The number of carbonyl (C=O) groups excluding carboxylic acids is 1. The molecule has 120 valence electrons. The molecule has 23 heavy (non-hydrogen) atoms. The Morgan fingerprint density at radius 2 is 2.13 bits per heavy atom. The van der Waals surface area contributed by atoms with E-state index in [9.17, 15) is 4.79 Å². The largest absolute Gasteiger partial charge is 0.471 e. The Bertz CT molecular complexity index is 624. The molecule has 0 aliphatic carbocycles. The molecule has 1 unspecified atom stereocenters. The van der Waals surface area contributed by atoms with Gasteiger partial charge in [0.2, 0.25) is 11.8 Å². The molecule has 0 N–H and O–H groups in total. The summed E-state index contributed by atoms with van der Waals surface area (Å²) in [4.78, 5) is 15.3. The molecule has 0 spiro atoms. The van der Waals surface area contributed by atoms with Gasteiger partial charge in [0.05, 0.1) is 6.54 Å². The lowest BCUT2D eigenvalue weighted by atomic mass is 10.3. The molecule has 0 saturated carbocycles. The van der Waals surface area contributed by atoms with Gasteiger partial charge in [0.1, 0.15) is 6.10 Å². The molecule has 1 aromatic heterocycles. The van der Waals surface area contributed by atoms with E-state index in [1.165, 1.54) is 4.90 Å². The van der Waals surface area contributed by atoms with Crippen LogP contribution in [0.3, 0.4) is 0 Å². The fourth-order valence-electron chi connectivity index (χ4n) is 2.50. The highest BCUT2D eigenvalue weighted by atomic mass is 32.2. The molecule has 0 bridgehead atoms. The van der Waals surface area contributed by atoms with E-state index in [1.807, 2.05) is 23.1 Å². The van der Waals surface area contributed by atoms with Crippen LogP contribution < -0.4 is 4.74 Å². The predicted molar refractivity (Wildman–Crippen MR) is 89.4 cm³/mol. The van der Waals surface area contributed by atoms with Crippen LogP contribution in [0.2, 0.25) is 0 Å². The highest BCUT2D eigenvalue weighted by Gasteiger charge is 2.27. The Morgan fingerprint density at radius 3 is 2.91 bits per heavy atom. The number of amides is 1. The van der Waals surface area contributed by atoms with Gasteiger partial charge in [-0.3, -0.25) is 4.79 Å². The van der Waals surface area contributed by atoms with Gasteiger partial charge >= 0.3 is 0 Å².